The smallest absolute Gasteiger partial charge is 0.0279 e. The Morgan fingerprint density at radius 1 is 0.667 bits per heavy atom. The largest absolute Gasteiger partial charge is 0.0651 e. The van der Waals surface area contributed by atoms with Gasteiger partial charge in [-0.2, -0.15) is 0 Å². The lowest BCUT2D eigenvalue weighted by molar-refractivity contribution is 0.863. The molecule has 0 aliphatic rings. The molecule has 0 saturated carbocycles. The van der Waals surface area contributed by atoms with E-state index in [-0.39, 0.29) is 0 Å². The van der Waals surface area contributed by atoms with E-state index in [4.69, 9.17) is 0 Å². The number of hydrogen-bond donors (Lipinski definition) is 0. The first-order chi connectivity index (χ1) is 8.69. The first kappa shape index (κ1) is 14.8. The van der Waals surface area contributed by atoms with Gasteiger partial charge in [0.15, 0.2) is 0 Å². The van der Waals surface area contributed by atoms with E-state index in [1.54, 1.807) is 0 Å². The molecule has 18 heavy (non-hydrogen) atoms. The molecule has 0 atom stereocenters. The Balaban J connectivity index is 3.38. The Labute approximate surface area is 112 Å². The van der Waals surface area contributed by atoms with Gasteiger partial charge in [-0.1, -0.05) is 63.1 Å². The molecule has 0 aromatic heterocycles. The van der Waals surface area contributed by atoms with Gasteiger partial charge in [-0.25, -0.2) is 0 Å². The second-order valence-electron chi connectivity index (χ2n) is 4.97. The van der Waals surface area contributed by atoms with Crippen LogP contribution in [-0.2, 0) is 12.8 Å². The normalized spacial score (nSPS) is 10.0. The van der Waals surface area contributed by atoms with Crippen LogP contribution >= 0.6 is 0 Å². The van der Waals surface area contributed by atoms with Crippen LogP contribution in [-0.4, -0.2) is 0 Å². The molecule has 0 heterocycles. The summed E-state index contributed by atoms with van der Waals surface area (Å²) in [5.74, 6) is 0. The van der Waals surface area contributed by atoms with Crippen molar-refractivity contribution in [3.05, 3.63) is 58.7 Å². The summed E-state index contributed by atoms with van der Waals surface area (Å²) in [5, 5.41) is 0. The zero-order chi connectivity index (χ0) is 13.4. The highest BCUT2D eigenvalue weighted by Gasteiger charge is 1.97. The van der Waals surface area contributed by atoms with Gasteiger partial charge in [-0.3, -0.25) is 0 Å². The minimum atomic E-state index is 1.17. The van der Waals surface area contributed by atoms with Crippen molar-refractivity contribution in [3.8, 4) is 0 Å². The molecule has 0 bridgehead atoms. The van der Waals surface area contributed by atoms with Crippen molar-refractivity contribution in [2.24, 2.45) is 0 Å². The van der Waals surface area contributed by atoms with E-state index in [0.717, 1.165) is 0 Å². The lowest BCUT2D eigenvalue weighted by Gasteiger charge is -2.05. The molecule has 0 nitrogen and oxygen atoms in total. The van der Waals surface area contributed by atoms with Crippen LogP contribution < -0.4 is 0 Å². The van der Waals surface area contributed by atoms with Gasteiger partial charge in [-0.05, 0) is 48.9 Å². The highest BCUT2D eigenvalue weighted by atomic mass is 14.0. The molecule has 0 radical (unpaired) electrons. The summed E-state index contributed by atoms with van der Waals surface area (Å²) in [6, 6.07) is 13.4. The van der Waals surface area contributed by atoms with E-state index in [2.05, 4.69) is 64.1 Å². The zero-order valence-electron chi connectivity index (χ0n) is 12.3. The van der Waals surface area contributed by atoms with E-state index < -0.39 is 0 Å². The van der Waals surface area contributed by atoms with Gasteiger partial charge in [0.2, 0.25) is 0 Å². The molecular formula is C18H26. The third kappa shape index (κ3) is 4.52. The van der Waals surface area contributed by atoms with Crippen molar-refractivity contribution in [3.63, 3.8) is 0 Å². The molecule has 0 amide bonds. The molecule has 0 N–H and O–H groups in total. The minimum absolute atomic E-state index is 1.17. The van der Waals surface area contributed by atoms with Crippen molar-refractivity contribution >= 4 is 0 Å². The number of aryl methyl sites for hydroxylation is 4. The van der Waals surface area contributed by atoms with Crippen LogP contribution in [0.15, 0.2) is 36.4 Å². The van der Waals surface area contributed by atoms with E-state index in [0.29, 0.717) is 0 Å². The van der Waals surface area contributed by atoms with E-state index in [1.807, 2.05) is 0 Å². The molecule has 0 aliphatic carbocycles. The topological polar surface area (TPSA) is 0 Å². The maximum absolute atomic E-state index is 2.32. The van der Waals surface area contributed by atoms with E-state index in [9.17, 15) is 0 Å². The summed E-state index contributed by atoms with van der Waals surface area (Å²) in [4.78, 5) is 0. The van der Waals surface area contributed by atoms with Gasteiger partial charge in [0, 0.05) is 0 Å². The maximum Gasteiger partial charge on any atom is -0.0279 e. The fraction of sp³-hybridized carbons (Fsp3) is 0.444. The molecule has 0 saturated heterocycles. The Morgan fingerprint density at radius 2 is 1.17 bits per heavy atom. The summed E-state index contributed by atoms with van der Waals surface area (Å²) in [6.45, 7) is 8.85. The standard InChI is InChI=1S/C18H26/c1-5-9-17-12-8-7-11-15(3)16(4)13-14-18(17)10-6-2/h7-8,11-14H,5-6,9-10H2,1-4H3. The predicted molar refractivity (Wildman–Crippen MR) is 81.5 cm³/mol. The van der Waals surface area contributed by atoms with Crippen LogP contribution in [0.25, 0.3) is 0 Å². The van der Waals surface area contributed by atoms with Crippen molar-refractivity contribution in [2.75, 3.05) is 0 Å². The fourth-order valence-corrected chi connectivity index (χ4v) is 2.10. The van der Waals surface area contributed by atoms with Crippen LogP contribution in [0.5, 0.6) is 0 Å². The maximum atomic E-state index is 2.32. The van der Waals surface area contributed by atoms with Crippen LogP contribution in [0.1, 0.15) is 48.9 Å². The predicted octanol–water partition coefficient (Wildman–Crippen LogP) is 5.33. The molecule has 0 heteroatoms. The van der Waals surface area contributed by atoms with Gasteiger partial charge < -0.3 is 0 Å². The van der Waals surface area contributed by atoms with Crippen LogP contribution in [0, 0.1) is 13.8 Å². The average Bonchev–Trinajstić information content (AvgIpc) is 2.37. The monoisotopic (exact) mass is 242 g/mol. The van der Waals surface area contributed by atoms with Crippen molar-refractivity contribution in [1.82, 2.24) is 0 Å². The first-order valence-electron chi connectivity index (χ1n) is 7.11. The SMILES string of the molecule is CCCc1ccccc(C)c(C)ccc1CCC. The average molecular weight is 242 g/mol. The Morgan fingerprint density at radius 3 is 1.78 bits per heavy atom. The van der Waals surface area contributed by atoms with Crippen LogP contribution in [0.2, 0.25) is 0 Å². The van der Waals surface area contributed by atoms with Crippen LogP contribution in [0.4, 0.5) is 0 Å². The fourth-order valence-electron chi connectivity index (χ4n) is 2.10. The molecule has 1 aromatic rings. The van der Waals surface area contributed by atoms with Gasteiger partial charge in [0.25, 0.3) is 0 Å². The summed E-state index contributed by atoms with van der Waals surface area (Å²) >= 11 is 0. The molecule has 0 aliphatic heterocycles. The Hall–Kier alpha value is -1.30. The van der Waals surface area contributed by atoms with E-state index >= 15 is 0 Å². The molecule has 1 aromatic carbocycles. The highest BCUT2D eigenvalue weighted by Crippen LogP contribution is 2.12. The van der Waals surface area contributed by atoms with Crippen molar-refractivity contribution in [2.45, 2.75) is 53.4 Å². The quantitative estimate of drug-likeness (QED) is 0.669. The van der Waals surface area contributed by atoms with Crippen molar-refractivity contribution in [1.29, 1.82) is 0 Å². The van der Waals surface area contributed by atoms with Gasteiger partial charge in [-0.15, -0.1) is 0 Å². The molecule has 0 unspecified atom stereocenters. The lowest BCUT2D eigenvalue weighted by Crippen LogP contribution is -1.91. The van der Waals surface area contributed by atoms with Gasteiger partial charge in [0.1, 0.15) is 0 Å². The third-order valence-corrected chi connectivity index (χ3v) is 3.36. The number of hydrogen-bond acceptors (Lipinski definition) is 0. The van der Waals surface area contributed by atoms with Gasteiger partial charge >= 0.3 is 0 Å². The summed E-state index contributed by atoms with van der Waals surface area (Å²) in [6.07, 6.45) is 4.76. The second kappa shape index (κ2) is 7.92. The third-order valence-electron chi connectivity index (χ3n) is 3.36. The Kier molecular flexibility index (Phi) is 6.49. The van der Waals surface area contributed by atoms with Crippen LogP contribution in [0.3, 0.4) is 0 Å². The second-order valence-corrected chi connectivity index (χ2v) is 4.97. The summed E-state index contributed by atoms with van der Waals surface area (Å²) in [7, 11) is 0. The Bertz CT molecular complexity index is 428. The van der Waals surface area contributed by atoms with Crippen molar-refractivity contribution < 1.29 is 0 Å². The molecule has 98 valence electrons. The summed E-state index contributed by atoms with van der Waals surface area (Å²) in [5.41, 5.74) is 5.68. The molecular weight excluding hydrogens is 216 g/mol. The molecule has 0 fully saturated rings. The minimum Gasteiger partial charge on any atom is -0.0651 e. The number of rotatable bonds is 4. The van der Waals surface area contributed by atoms with E-state index in [1.165, 1.54) is 47.9 Å². The molecule has 1 rings (SSSR count). The lowest BCUT2D eigenvalue weighted by atomic mass is 10.0. The van der Waals surface area contributed by atoms with Gasteiger partial charge in [0.05, 0.1) is 0 Å². The summed E-state index contributed by atoms with van der Waals surface area (Å²) < 4.78 is 0. The first-order valence-corrected chi connectivity index (χ1v) is 7.11. The zero-order valence-corrected chi connectivity index (χ0v) is 12.3. The molecule has 0 spiro atoms. The highest BCUT2D eigenvalue weighted by molar-refractivity contribution is 5.28.